The molecule has 0 fully saturated rings. The number of rotatable bonds is 7. The minimum Gasteiger partial charge on any atom is -0.484 e. The number of carbonyl (C=O) groups excluding carboxylic acids is 1. The number of ether oxygens (including phenoxy) is 1. The maximum atomic E-state index is 12.1. The molecule has 0 aromatic heterocycles. The highest BCUT2D eigenvalue weighted by Gasteiger charge is 2.29. The van der Waals surface area contributed by atoms with Gasteiger partial charge in [0.1, 0.15) is 5.75 Å². The first-order chi connectivity index (χ1) is 9.26. The molecule has 0 aliphatic rings. The molecule has 0 aliphatic carbocycles. The zero-order valence-corrected chi connectivity index (χ0v) is 11.0. The molecule has 1 unspecified atom stereocenters. The van der Waals surface area contributed by atoms with E-state index in [1.807, 2.05) is 0 Å². The highest BCUT2D eigenvalue weighted by atomic mass is 19.4. The van der Waals surface area contributed by atoms with Gasteiger partial charge in [0.05, 0.1) is 6.42 Å². The van der Waals surface area contributed by atoms with E-state index in [-0.39, 0.29) is 6.61 Å². The van der Waals surface area contributed by atoms with Gasteiger partial charge in [-0.15, -0.1) is 0 Å². The number of halogens is 3. The Labute approximate surface area is 115 Å². The molecule has 3 N–H and O–H groups in total. The molecule has 1 aromatic carbocycles. The van der Waals surface area contributed by atoms with Gasteiger partial charge in [0.2, 0.25) is 0 Å². The number of nitrogens with one attached hydrogen (secondary N) is 1. The van der Waals surface area contributed by atoms with Crippen molar-refractivity contribution in [2.45, 2.75) is 32.1 Å². The van der Waals surface area contributed by atoms with Crippen molar-refractivity contribution < 1.29 is 22.7 Å². The van der Waals surface area contributed by atoms with Crippen LogP contribution in [0.15, 0.2) is 24.3 Å². The van der Waals surface area contributed by atoms with E-state index in [0.717, 1.165) is 5.56 Å². The minimum absolute atomic E-state index is 0.208. The van der Waals surface area contributed by atoms with E-state index in [9.17, 15) is 18.0 Å². The summed E-state index contributed by atoms with van der Waals surface area (Å²) in [5.41, 5.74) is 5.76. The van der Waals surface area contributed by atoms with E-state index in [4.69, 9.17) is 10.5 Å². The monoisotopic (exact) mass is 290 g/mol. The molecule has 0 saturated heterocycles. The Morgan fingerprint density at radius 1 is 1.35 bits per heavy atom. The largest absolute Gasteiger partial charge is 0.484 e. The first-order valence-corrected chi connectivity index (χ1v) is 6.06. The van der Waals surface area contributed by atoms with Crippen LogP contribution >= 0.6 is 0 Å². The van der Waals surface area contributed by atoms with Crippen LogP contribution in [-0.2, 0) is 11.3 Å². The third kappa shape index (κ3) is 6.98. The topological polar surface area (TPSA) is 64.3 Å². The van der Waals surface area contributed by atoms with Crippen LogP contribution in [0.2, 0.25) is 0 Å². The van der Waals surface area contributed by atoms with Crippen molar-refractivity contribution >= 4 is 5.91 Å². The van der Waals surface area contributed by atoms with E-state index < -0.39 is 24.5 Å². The summed E-state index contributed by atoms with van der Waals surface area (Å²) in [6.07, 6.45) is -5.04. The molecule has 4 nitrogen and oxygen atoms in total. The third-order valence-corrected chi connectivity index (χ3v) is 2.50. The second-order valence-corrected chi connectivity index (χ2v) is 4.50. The summed E-state index contributed by atoms with van der Waals surface area (Å²) in [6, 6.07) is 6.04. The second kappa shape index (κ2) is 7.14. The molecule has 20 heavy (non-hydrogen) atoms. The first-order valence-electron chi connectivity index (χ1n) is 6.06. The molecule has 0 heterocycles. The predicted octanol–water partition coefficient (Wildman–Crippen LogP) is 1.98. The van der Waals surface area contributed by atoms with Gasteiger partial charge in [-0.05, 0) is 24.6 Å². The fourth-order valence-corrected chi connectivity index (χ4v) is 1.57. The van der Waals surface area contributed by atoms with Crippen LogP contribution in [0.25, 0.3) is 0 Å². The van der Waals surface area contributed by atoms with Crippen LogP contribution in [-0.4, -0.2) is 24.7 Å². The number of hydrogen-bond donors (Lipinski definition) is 2. The summed E-state index contributed by atoms with van der Waals surface area (Å²) in [5.74, 6) is -0.0902. The molecular formula is C13H17F3N2O2. The molecule has 1 amide bonds. The maximum Gasteiger partial charge on any atom is 0.390 e. The van der Waals surface area contributed by atoms with Gasteiger partial charge in [-0.3, -0.25) is 4.79 Å². The van der Waals surface area contributed by atoms with Gasteiger partial charge in [0.15, 0.2) is 6.61 Å². The summed E-state index contributed by atoms with van der Waals surface area (Å²) >= 11 is 0. The zero-order chi connectivity index (χ0) is 15.2. The first kappa shape index (κ1) is 16.3. The smallest absolute Gasteiger partial charge is 0.390 e. The van der Waals surface area contributed by atoms with Crippen molar-refractivity contribution in [1.82, 2.24) is 5.32 Å². The summed E-state index contributed by atoms with van der Waals surface area (Å²) in [5, 5.41) is 2.79. The zero-order valence-electron chi connectivity index (χ0n) is 11.0. The van der Waals surface area contributed by atoms with Gasteiger partial charge in [-0.2, -0.15) is 13.2 Å². The standard InChI is InChI=1S/C13H17F3N2O2/c1-9(6-13(14,15)16)18-7-10-2-4-11(5-3-10)20-8-12(17)19/h2-5,9,18H,6-8H2,1H3,(H2,17,19). The number of carbonyl (C=O) groups is 1. The van der Waals surface area contributed by atoms with Crippen molar-refractivity contribution in [3.05, 3.63) is 29.8 Å². The van der Waals surface area contributed by atoms with E-state index in [2.05, 4.69) is 5.32 Å². The predicted molar refractivity (Wildman–Crippen MR) is 68.1 cm³/mol. The molecular weight excluding hydrogens is 273 g/mol. The number of alkyl halides is 3. The van der Waals surface area contributed by atoms with Gasteiger partial charge < -0.3 is 15.8 Å². The Bertz CT molecular complexity index is 432. The van der Waals surface area contributed by atoms with Gasteiger partial charge in [0, 0.05) is 12.6 Å². The Kier molecular flexibility index (Phi) is 5.82. The van der Waals surface area contributed by atoms with Crippen molar-refractivity contribution in [2.24, 2.45) is 5.73 Å². The van der Waals surface area contributed by atoms with Crippen LogP contribution in [0.1, 0.15) is 18.9 Å². The van der Waals surface area contributed by atoms with Crippen LogP contribution in [0, 0.1) is 0 Å². The molecule has 1 atom stereocenters. The molecule has 1 aromatic rings. The number of benzene rings is 1. The summed E-state index contributed by atoms with van der Waals surface area (Å²) < 4.78 is 41.5. The van der Waals surface area contributed by atoms with E-state index in [1.165, 1.54) is 6.92 Å². The molecule has 0 bridgehead atoms. The summed E-state index contributed by atoms with van der Waals surface area (Å²) in [4.78, 5) is 10.5. The molecule has 0 spiro atoms. The number of amides is 1. The van der Waals surface area contributed by atoms with E-state index in [0.29, 0.717) is 12.3 Å². The fraction of sp³-hybridized carbons (Fsp3) is 0.462. The lowest BCUT2D eigenvalue weighted by Crippen LogP contribution is -2.30. The minimum atomic E-state index is -4.17. The summed E-state index contributed by atoms with van der Waals surface area (Å²) in [6.45, 7) is 1.60. The Morgan fingerprint density at radius 3 is 2.45 bits per heavy atom. The molecule has 1 rings (SSSR count). The summed E-state index contributed by atoms with van der Waals surface area (Å²) in [7, 11) is 0. The van der Waals surface area contributed by atoms with Crippen molar-refractivity contribution in [1.29, 1.82) is 0 Å². The maximum absolute atomic E-state index is 12.1. The Morgan fingerprint density at radius 2 is 1.95 bits per heavy atom. The van der Waals surface area contributed by atoms with Gasteiger partial charge in [0.25, 0.3) is 5.91 Å². The lowest BCUT2D eigenvalue weighted by atomic mass is 10.2. The molecule has 7 heteroatoms. The average molecular weight is 290 g/mol. The van der Waals surface area contributed by atoms with Gasteiger partial charge in [-0.1, -0.05) is 12.1 Å². The SMILES string of the molecule is CC(CC(F)(F)F)NCc1ccc(OCC(N)=O)cc1. The highest BCUT2D eigenvalue weighted by Crippen LogP contribution is 2.21. The van der Waals surface area contributed by atoms with Gasteiger partial charge in [-0.25, -0.2) is 0 Å². The van der Waals surface area contributed by atoms with Crippen molar-refractivity contribution in [3.8, 4) is 5.75 Å². The lowest BCUT2D eigenvalue weighted by molar-refractivity contribution is -0.139. The highest BCUT2D eigenvalue weighted by molar-refractivity contribution is 5.75. The fourth-order valence-electron chi connectivity index (χ4n) is 1.57. The third-order valence-electron chi connectivity index (χ3n) is 2.50. The Hall–Kier alpha value is -1.76. The number of primary amides is 1. The molecule has 0 aliphatic heterocycles. The second-order valence-electron chi connectivity index (χ2n) is 4.50. The van der Waals surface area contributed by atoms with Gasteiger partial charge >= 0.3 is 6.18 Å². The number of nitrogens with two attached hydrogens (primary N) is 1. The van der Waals surface area contributed by atoms with Crippen LogP contribution in [0.5, 0.6) is 5.75 Å². The average Bonchev–Trinajstić information content (AvgIpc) is 2.33. The van der Waals surface area contributed by atoms with Crippen LogP contribution in [0.3, 0.4) is 0 Å². The quantitative estimate of drug-likeness (QED) is 0.807. The van der Waals surface area contributed by atoms with Crippen LogP contribution in [0.4, 0.5) is 13.2 Å². The van der Waals surface area contributed by atoms with Crippen molar-refractivity contribution in [2.75, 3.05) is 6.61 Å². The van der Waals surface area contributed by atoms with E-state index in [1.54, 1.807) is 24.3 Å². The van der Waals surface area contributed by atoms with E-state index >= 15 is 0 Å². The Balaban J connectivity index is 2.40. The molecule has 112 valence electrons. The molecule has 0 saturated carbocycles. The molecule has 0 radical (unpaired) electrons. The normalized spacial score (nSPS) is 13.0. The van der Waals surface area contributed by atoms with Crippen LogP contribution < -0.4 is 15.8 Å². The lowest BCUT2D eigenvalue weighted by Gasteiger charge is -2.15. The number of hydrogen-bond acceptors (Lipinski definition) is 3. The van der Waals surface area contributed by atoms with Crippen molar-refractivity contribution in [3.63, 3.8) is 0 Å².